The van der Waals surface area contributed by atoms with E-state index in [4.69, 9.17) is 9.05 Å². The Hall–Kier alpha value is -0.500. The molecule has 0 heterocycles. The molecule has 9 heteroatoms. The van der Waals surface area contributed by atoms with Crippen LogP contribution in [0.2, 0.25) is 0 Å². The highest BCUT2D eigenvalue weighted by atomic mass is 31.2. The number of phosphoric ester groups is 1. The first-order chi connectivity index (χ1) is 30.0. The van der Waals surface area contributed by atoms with Gasteiger partial charge in [-0.1, -0.05) is 264 Å². The Bertz CT molecular complexity index is 978. The fourth-order valence-electron chi connectivity index (χ4n) is 8.51. The number of amides is 1. The molecule has 0 saturated carbocycles. The molecule has 2 N–H and O–H groups in total. The molecule has 0 bridgehead atoms. The molecule has 0 aliphatic rings. The molecule has 0 aromatic heterocycles. The van der Waals surface area contributed by atoms with E-state index in [2.05, 4.69) is 19.2 Å². The number of rotatable bonds is 51. The van der Waals surface area contributed by atoms with E-state index in [1.165, 1.54) is 218 Å². The van der Waals surface area contributed by atoms with Gasteiger partial charge in [0.05, 0.1) is 39.9 Å². The van der Waals surface area contributed by atoms with Gasteiger partial charge in [0.15, 0.2) is 0 Å². The zero-order chi connectivity index (χ0) is 45.7. The van der Waals surface area contributed by atoms with Crippen molar-refractivity contribution < 1.29 is 32.9 Å². The Labute approximate surface area is 387 Å². The van der Waals surface area contributed by atoms with Gasteiger partial charge in [0, 0.05) is 6.42 Å². The minimum atomic E-state index is -4.56. The first kappa shape index (κ1) is 61.5. The minimum Gasteiger partial charge on any atom is -0.756 e. The highest BCUT2D eigenvalue weighted by Crippen LogP contribution is 2.38. The second-order valence-corrected chi connectivity index (χ2v) is 21.7. The van der Waals surface area contributed by atoms with Crippen molar-refractivity contribution in [1.29, 1.82) is 0 Å². The number of hydrogen-bond acceptors (Lipinski definition) is 6. The lowest BCUT2D eigenvalue weighted by atomic mass is 10.0. The number of nitrogens with one attached hydrogen (secondary N) is 1. The minimum absolute atomic E-state index is 0.0166. The lowest BCUT2D eigenvalue weighted by molar-refractivity contribution is -0.870. The summed E-state index contributed by atoms with van der Waals surface area (Å²) in [5.41, 5.74) is 0. The summed E-state index contributed by atoms with van der Waals surface area (Å²) in [4.78, 5) is 25.5. The second-order valence-electron chi connectivity index (χ2n) is 20.3. The zero-order valence-corrected chi connectivity index (χ0v) is 43.3. The van der Waals surface area contributed by atoms with E-state index in [0.29, 0.717) is 23.9 Å². The summed E-state index contributed by atoms with van der Waals surface area (Å²) in [6.07, 6.45) is 52.6. The number of aliphatic hydroxyl groups is 1. The number of carbonyl (C=O) groups is 1. The van der Waals surface area contributed by atoms with Gasteiger partial charge >= 0.3 is 0 Å². The summed E-state index contributed by atoms with van der Waals surface area (Å²) < 4.78 is 23.4. The Morgan fingerprint density at radius 1 is 0.500 bits per heavy atom. The van der Waals surface area contributed by atoms with E-state index in [9.17, 15) is 19.4 Å². The highest BCUT2D eigenvalue weighted by molar-refractivity contribution is 7.45. The van der Waals surface area contributed by atoms with Gasteiger partial charge in [-0.15, -0.1) is 0 Å². The van der Waals surface area contributed by atoms with Crippen LogP contribution in [0.4, 0.5) is 0 Å². The topological polar surface area (TPSA) is 108 Å². The van der Waals surface area contributed by atoms with Crippen molar-refractivity contribution in [3.05, 3.63) is 0 Å². The summed E-state index contributed by atoms with van der Waals surface area (Å²) in [6.45, 7) is 4.77. The van der Waals surface area contributed by atoms with Gasteiger partial charge in [-0.2, -0.15) is 0 Å². The van der Waals surface area contributed by atoms with Crippen molar-refractivity contribution in [3.8, 4) is 0 Å². The van der Waals surface area contributed by atoms with E-state index in [1.807, 2.05) is 21.1 Å². The average molecular weight is 901 g/mol. The van der Waals surface area contributed by atoms with Crippen LogP contribution in [0.5, 0.6) is 0 Å². The average Bonchev–Trinajstić information content (AvgIpc) is 3.23. The summed E-state index contributed by atoms with van der Waals surface area (Å²) in [5.74, 6) is -0.157. The van der Waals surface area contributed by atoms with Gasteiger partial charge in [-0.3, -0.25) is 9.36 Å². The Balaban J connectivity index is 4.17. The largest absolute Gasteiger partial charge is 0.756 e. The molecule has 0 spiro atoms. The van der Waals surface area contributed by atoms with Crippen LogP contribution in [0.3, 0.4) is 0 Å². The van der Waals surface area contributed by atoms with Gasteiger partial charge < -0.3 is 28.8 Å². The zero-order valence-electron chi connectivity index (χ0n) is 42.4. The van der Waals surface area contributed by atoms with Crippen LogP contribution in [-0.4, -0.2) is 68.5 Å². The van der Waals surface area contributed by atoms with Crippen LogP contribution in [0, 0.1) is 0 Å². The van der Waals surface area contributed by atoms with Crippen molar-refractivity contribution in [3.63, 3.8) is 0 Å². The van der Waals surface area contributed by atoms with Crippen LogP contribution >= 0.6 is 7.82 Å². The van der Waals surface area contributed by atoms with E-state index in [-0.39, 0.29) is 19.1 Å². The predicted octanol–water partition coefficient (Wildman–Crippen LogP) is 15.5. The number of quaternary nitrogens is 1. The third kappa shape index (κ3) is 47.5. The van der Waals surface area contributed by atoms with Crippen LogP contribution in [0.25, 0.3) is 0 Å². The summed E-state index contributed by atoms with van der Waals surface area (Å²) in [5, 5.41) is 14.0. The van der Waals surface area contributed by atoms with Gasteiger partial charge in [-0.25, -0.2) is 0 Å². The molecule has 3 atom stereocenters. The van der Waals surface area contributed by atoms with E-state index < -0.39 is 20.0 Å². The maximum atomic E-state index is 13.0. The fourth-order valence-corrected chi connectivity index (χ4v) is 9.24. The van der Waals surface area contributed by atoms with E-state index in [0.717, 1.165) is 38.5 Å². The standard InChI is InChI=1S/C53H109N2O6P/c1-6-8-10-12-14-16-18-20-22-24-26-27-29-31-33-35-37-39-41-43-45-47-53(57)54-51(50-61-62(58,59)60-49-48-55(3,4)5)52(56)46-44-42-40-38-36-34-32-30-28-25-23-21-19-17-15-13-11-9-7-2/h51-52,56H,6-50H2,1-5H3,(H-,54,57,58,59). The van der Waals surface area contributed by atoms with Gasteiger partial charge in [-0.05, 0) is 12.8 Å². The SMILES string of the molecule is CCCCCCCCCCCCCCCCCCCCCCCC(=O)NC(COP(=O)([O-])OCC[N+](C)(C)C)C(O)CCCCCCCCCCCCCCCCCCCCC. The van der Waals surface area contributed by atoms with Crippen molar-refractivity contribution in [1.82, 2.24) is 5.32 Å². The molecule has 0 saturated heterocycles. The normalized spacial score (nSPS) is 14.0. The van der Waals surface area contributed by atoms with Gasteiger partial charge in [0.2, 0.25) is 5.91 Å². The number of unbranched alkanes of at least 4 members (excludes halogenated alkanes) is 38. The predicted molar refractivity (Wildman–Crippen MR) is 266 cm³/mol. The summed E-state index contributed by atoms with van der Waals surface area (Å²) in [7, 11) is 1.32. The lowest BCUT2D eigenvalue weighted by Crippen LogP contribution is -2.46. The molecule has 372 valence electrons. The Morgan fingerprint density at radius 3 is 1.10 bits per heavy atom. The van der Waals surface area contributed by atoms with Crippen molar-refractivity contribution >= 4 is 13.7 Å². The maximum absolute atomic E-state index is 13.0. The molecule has 0 aliphatic carbocycles. The molecule has 8 nitrogen and oxygen atoms in total. The number of carbonyl (C=O) groups excluding carboxylic acids is 1. The molecular weight excluding hydrogens is 792 g/mol. The van der Waals surface area contributed by atoms with Crippen LogP contribution in [0.1, 0.15) is 284 Å². The highest BCUT2D eigenvalue weighted by Gasteiger charge is 2.24. The number of nitrogens with zero attached hydrogens (tertiary/aromatic N) is 1. The molecule has 0 fully saturated rings. The van der Waals surface area contributed by atoms with Crippen molar-refractivity contribution in [2.75, 3.05) is 40.9 Å². The Kier molecular flexibility index (Phi) is 45.3. The smallest absolute Gasteiger partial charge is 0.268 e. The molecule has 0 radical (unpaired) electrons. The van der Waals surface area contributed by atoms with Crippen LogP contribution in [0.15, 0.2) is 0 Å². The van der Waals surface area contributed by atoms with Crippen LogP contribution < -0.4 is 10.2 Å². The van der Waals surface area contributed by atoms with Gasteiger partial charge in [0.1, 0.15) is 13.2 Å². The number of phosphoric acid groups is 1. The van der Waals surface area contributed by atoms with E-state index >= 15 is 0 Å². The fraction of sp³-hybridized carbons (Fsp3) is 0.981. The third-order valence-electron chi connectivity index (χ3n) is 12.8. The first-order valence-corrected chi connectivity index (χ1v) is 28.8. The Morgan fingerprint density at radius 2 is 0.790 bits per heavy atom. The summed E-state index contributed by atoms with van der Waals surface area (Å²) >= 11 is 0. The molecule has 0 aromatic carbocycles. The quantitative estimate of drug-likeness (QED) is 0.0358. The molecular formula is C53H109N2O6P. The molecule has 0 rings (SSSR count). The molecule has 1 amide bonds. The molecule has 0 aromatic rings. The van der Waals surface area contributed by atoms with Crippen molar-refractivity contribution in [2.45, 2.75) is 296 Å². The van der Waals surface area contributed by atoms with Crippen molar-refractivity contribution in [2.24, 2.45) is 0 Å². The van der Waals surface area contributed by atoms with Crippen LogP contribution in [-0.2, 0) is 18.4 Å². The molecule has 3 unspecified atom stereocenters. The second kappa shape index (κ2) is 45.6. The van der Waals surface area contributed by atoms with Gasteiger partial charge in [0.25, 0.3) is 7.82 Å². The van der Waals surface area contributed by atoms with E-state index in [1.54, 1.807) is 0 Å². The molecule has 62 heavy (non-hydrogen) atoms. The summed E-state index contributed by atoms with van der Waals surface area (Å²) in [6, 6.07) is -0.794. The molecule has 0 aliphatic heterocycles. The third-order valence-corrected chi connectivity index (χ3v) is 13.8. The monoisotopic (exact) mass is 901 g/mol. The maximum Gasteiger partial charge on any atom is 0.268 e. The first-order valence-electron chi connectivity index (χ1n) is 27.4. The number of likely N-dealkylation sites (N-methyl/N-ethyl adjacent to an activating group) is 1. The number of hydrogen-bond donors (Lipinski definition) is 2. The number of aliphatic hydroxyl groups excluding tert-OH is 1. The lowest BCUT2D eigenvalue weighted by Gasteiger charge is -2.30.